The summed E-state index contributed by atoms with van der Waals surface area (Å²) >= 11 is 0.877. The number of amides is 2. The standard InChI is InChI=1S/C15H17N3O9S2/c1-2-17-5-10(19)18(29(17,25)26)4-7-3-8-9(6-27-7)28-13(11(8)14(21)22)16-12(20)15(23)24/h7H,2-6H2,1H3,(H,16,20)(H,21,22)(H,23,24). The number of anilines is 1. The number of aliphatic carboxylic acids is 1. The molecule has 158 valence electrons. The average Bonchev–Trinajstić information content (AvgIpc) is 3.10. The number of nitrogens with zero attached hydrogens (tertiary/aromatic N) is 2. The van der Waals surface area contributed by atoms with E-state index in [0.717, 1.165) is 15.6 Å². The molecule has 1 saturated heterocycles. The van der Waals surface area contributed by atoms with Gasteiger partial charge in [0.25, 0.3) is 5.91 Å². The van der Waals surface area contributed by atoms with Crippen LogP contribution in [-0.2, 0) is 42.4 Å². The van der Waals surface area contributed by atoms with Gasteiger partial charge in [0, 0.05) is 17.8 Å². The lowest BCUT2D eigenvalue weighted by Gasteiger charge is -2.27. The highest BCUT2D eigenvalue weighted by atomic mass is 32.2. The van der Waals surface area contributed by atoms with Crippen molar-refractivity contribution in [2.75, 3.05) is 25.0 Å². The van der Waals surface area contributed by atoms with Gasteiger partial charge in [-0.05, 0) is 5.56 Å². The van der Waals surface area contributed by atoms with E-state index >= 15 is 0 Å². The number of carbonyl (C=O) groups is 4. The minimum absolute atomic E-state index is 0.0121. The summed E-state index contributed by atoms with van der Waals surface area (Å²) in [6, 6.07) is 0. The van der Waals surface area contributed by atoms with Gasteiger partial charge in [-0.25, -0.2) is 13.9 Å². The van der Waals surface area contributed by atoms with Gasteiger partial charge in [-0.15, -0.1) is 11.3 Å². The predicted molar refractivity (Wildman–Crippen MR) is 97.7 cm³/mol. The van der Waals surface area contributed by atoms with Crippen LogP contribution in [0, 0.1) is 0 Å². The number of carboxylic acid groups (broad SMARTS) is 2. The second kappa shape index (κ2) is 7.70. The molecule has 12 nitrogen and oxygen atoms in total. The van der Waals surface area contributed by atoms with Crippen molar-refractivity contribution in [3.63, 3.8) is 0 Å². The molecule has 0 saturated carbocycles. The Kier molecular flexibility index (Phi) is 5.62. The Balaban J connectivity index is 1.84. The highest BCUT2D eigenvalue weighted by Gasteiger charge is 2.43. The number of aromatic carboxylic acids is 1. The van der Waals surface area contributed by atoms with Gasteiger partial charge in [0.15, 0.2) is 0 Å². The third-order valence-corrected chi connectivity index (χ3v) is 7.60. The van der Waals surface area contributed by atoms with E-state index in [1.807, 2.05) is 5.32 Å². The van der Waals surface area contributed by atoms with E-state index in [1.165, 1.54) is 0 Å². The maximum Gasteiger partial charge on any atom is 0.394 e. The maximum absolute atomic E-state index is 12.4. The largest absolute Gasteiger partial charge is 0.478 e. The van der Waals surface area contributed by atoms with Gasteiger partial charge in [-0.2, -0.15) is 12.7 Å². The Morgan fingerprint density at radius 1 is 1.31 bits per heavy atom. The Labute approximate surface area is 168 Å². The zero-order valence-electron chi connectivity index (χ0n) is 15.1. The number of likely N-dealkylation sites (N-methyl/N-ethyl adjacent to an activating group) is 1. The zero-order chi connectivity index (χ0) is 21.5. The fourth-order valence-electron chi connectivity index (χ4n) is 3.15. The van der Waals surface area contributed by atoms with Crippen molar-refractivity contribution in [1.82, 2.24) is 8.61 Å². The summed E-state index contributed by atoms with van der Waals surface area (Å²) in [5.74, 6) is -5.11. The SMILES string of the molecule is CCN1CC(=O)N(CC2Cc3c(sc(NC(=O)C(=O)O)c3C(=O)O)CO2)S1(=O)=O. The van der Waals surface area contributed by atoms with Crippen LogP contribution in [0.4, 0.5) is 5.00 Å². The summed E-state index contributed by atoms with van der Waals surface area (Å²) in [6.45, 7) is 1.15. The molecular weight excluding hydrogens is 430 g/mol. The fraction of sp³-hybridized carbons (Fsp3) is 0.467. The van der Waals surface area contributed by atoms with E-state index in [2.05, 4.69) is 0 Å². The third-order valence-electron chi connectivity index (χ3n) is 4.52. The predicted octanol–water partition coefficient (Wildman–Crippen LogP) is -0.680. The molecular formula is C15H17N3O9S2. The number of fused-ring (bicyclic) bond motifs is 1. The minimum atomic E-state index is -3.95. The van der Waals surface area contributed by atoms with Crippen molar-refractivity contribution in [2.24, 2.45) is 0 Å². The number of carboxylic acids is 2. The van der Waals surface area contributed by atoms with E-state index < -0.39 is 40.1 Å². The number of ether oxygens (including phenoxy) is 1. The van der Waals surface area contributed by atoms with Gasteiger partial charge < -0.3 is 20.3 Å². The number of rotatable bonds is 5. The molecule has 3 heterocycles. The third kappa shape index (κ3) is 3.83. The number of carbonyl (C=O) groups excluding carboxylic acids is 2. The Morgan fingerprint density at radius 3 is 2.55 bits per heavy atom. The van der Waals surface area contributed by atoms with Crippen LogP contribution in [0.25, 0.3) is 0 Å². The first-order valence-corrected chi connectivity index (χ1v) is 10.6. The van der Waals surface area contributed by atoms with Gasteiger partial charge in [0.05, 0.1) is 31.4 Å². The molecule has 2 amide bonds. The fourth-order valence-corrected chi connectivity index (χ4v) is 5.83. The van der Waals surface area contributed by atoms with Crippen molar-refractivity contribution in [3.8, 4) is 0 Å². The molecule has 1 unspecified atom stereocenters. The number of nitrogens with one attached hydrogen (secondary N) is 1. The second-order valence-corrected chi connectivity index (χ2v) is 9.23. The Hall–Kier alpha value is -2.55. The summed E-state index contributed by atoms with van der Waals surface area (Å²) in [6.07, 6.45) is -0.796. The van der Waals surface area contributed by atoms with Crippen LogP contribution in [0.1, 0.15) is 27.7 Å². The molecule has 1 aromatic rings. The molecule has 0 aliphatic carbocycles. The molecule has 29 heavy (non-hydrogen) atoms. The highest BCUT2D eigenvalue weighted by Crippen LogP contribution is 2.38. The van der Waals surface area contributed by atoms with Gasteiger partial charge in [-0.3, -0.25) is 9.59 Å². The maximum atomic E-state index is 12.4. The van der Waals surface area contributed by atoms with Crippen LogP contribution in [0.3, 0.4) is 0 Å². The molecule has 2 aliphatic heterocycles. The number of hydrogen-bond donors (Lipinski definition) is 3. The molecule has 0 spiro atoms. The van der Waals surface area contributed by atoms with E-state index in [1.54, 1.807) is 6.92 Å². The van der Waals surface area contributed by atoms with Crippen LogP contribution in [0.15, 0.2) is 0 Å². The molecule has 1 atom stereocenters. The molecule has 3 N–H and O–H groups in total. The van der Waals surface area contributed by atoms with E-state index in [-0.39, 0.29) is 43.2 Å². The summed E-state index contributed by atoms with van der Waals surface area (Å²) in [5, 5.41) is 20.1. The minimum Gasteiger partial charge on any atom is -0.478 e. The Bertz CT molecular complexity index is 1000. The summed E-state index contributed by atoms with van der Waals surface area (Å²) in [7, 11) is -3.95. The van der Waals surface area contributed by atoms with Gasteiger partial charge >= 0.3 is 28.1 Å². The normalized spacial score (nSPS) is 21.1. The monoisotopic (exact) mass is 447 g/mol. The molecule has 3 rings (SSSR count). The molecule has 2 aliphatic rings. The van der Waals surface area contributed by atoms with Crippen LogP contribution < -0.4 is 5.32 Å². The molecule has 0 aromatic carbocycles. The lowest BCUT2D eigenvalue weighted by atomic mass is 10.0. The molecule has 0 bridgehead atoms. The van der Waals surface area contributed by atoms with Gasteiger partial charge in [0.1, 0.15) is 5.00 Å². The van der Waals surface area contributed by atoms with E-state index in [4.69, 9.17) is 9.84 Å². The molecule has 0 radical (unpaired) electrons. The quantitative estimate of drug-likeness (QED) is 0.495. The van der Waals surface area contributed by atoms with Crippen LogP contribution in [0.5, 0.6) is 0 Å². The molecule has 1 fully saturated rings. The molecule has 1 aromatic heterocycles. The summed E-state index contributed by atoms with van der Waals surface area (Å²) in [5.41, 5.74) is 0.0505. The first-order valence-electron chi connectivity index (χ1n) is 8.40. The summed E-state index contributed by atoms with van der Waals surface area (Å²) in [4.78, 5) is 46.4. The van der Waals surface area contributed by atoms with Crippen molar-refractivity contribution < 1.29 is 42.5 Å². The second-order valence-electron chi connectivity index (χ2n) is 6.27. The lowest BCUT2D eigenvalue weighted by molar-refractivity contribution is -0.147. The topological polar surface area (TPSA) is 171 Å². The first kappa shape index (κ1) is 21.2. The van der Waals surface area contributed by atoms with Gasteiger partial charge in [0.2, 0.25) is 0 Å². The number of thiophene rings is 1. The number of hydrogen-bond acceptors (Lipinski definition) is 8. The van der Waals surface area contributed by atoms with Crippen molar-refractivity contribution >= 4 is 50.3 Å². The first-order chi connectivity index (χ1) is 13.6. The van der Waals surface area contributed by atoms with Crippen molar-refractivity contribution in [3.05, 3.63) is 16.0 Å². The zero-order valence-corrected chi connectivity index (χ0v) is 16.7. The van der Waals surface area contributed by atoms with Gasteiger partial charge in [-0.1, -0.05) is 6.92 Å². The van der Waals surface area contributed by atoms with Crippen molar-refractivity contribution in [1.29, 1.82) is 0 Å². The lowest BCUT2D eigenvalue weighted by Crippen LogP contribution is -2.41. The van der Waals surface area contributed by atoms with Crippen LogP contribution >= 0.6 is 11.3 Å². The van der Waals surface area contributed by atoms with Crippen LogP contribution in [-0.4, -0.2) is 76.7 Å². The molecule has 14 heteroatoms. The van der Waals surface area contributed by atoms with E-state index in [9.17, 15) is 32.7 Å². The Morgan fingerprint density at radius 2 is 2.00 bits per heavy atom. The summed E-state index contributed by atoms with van der Waals surface area (Å²) < 4.78 is 32.1. The highest BCUT2D eigenvalue weighted by molar-refractivity contribution is 7.87. The smallest absolute Gasteiger partial charge is 0.394 e. The van der Waals surface area contributed by atoms with Crippen LogP contribution in [0.2, 0.25) is 0 Å². The van der Waals surface area contributed by atoms with E-state index in [0.29, 0.717) is 14.7 Å². The van der Waals surface area contributed by atoms with Crippen molar-refractivity contribution in [2.45, 2.75) is 26.1 Å². The average molecular weight is 447 g/mol.